The lowest BCUT2D eigenvalue weighted by molar-refractivity contribution is -0.0889. The highest BCUT2D eigenvalue weighted by Crippen LogP contribution is 2.66. The van der Waals surface area contributed by atoms with Crippen molar-refractivity contribution >= 4 is 5.57 Å². The highest BCUT2D eigenvalue weighted by molar-refractivity contribution is 5.73. The summed E-state index contributed by atoms with van der Waals surface area (Å²) in [5, 5.41) is 0. The second-order valence-corrected chi connectivity index (χ2v) is 10.1. The molecule has 3 aliphatic carbocycles. The van der Waals surface area contributed by atoms with Gasteiger partial charge in [0.05, 0.1) is 18.9 Å². The van der Waals surface area contributed by atoms with E-state index in [2.05, 4.69) is 37.9 Å². The van der Waals surface area contributed by atoms with Gasteiger partial charge in [0, 0.05) is 12.8 Å². The van der Waals surface area contributed by atoms with Crippen LogP contribution in [0.1, 0.15) is 71.3 Å². The third-order valence-corrected chi connectivity index (χ3v) is 8.82. The van der Waals surface area contributed by atoms with Gasteiger partial charge in [-0.25, -0.2) is 0 Å². The SMILES string of the molecule is CCCOc1cncc(C2=CC[C@H]3C4CCC5OCCC5(C)C4CCC23C)c1. The molecule has 0 aromatic carbocycles. The summed E-state index contributed by atoms with van der Waals surface area (Å²) in [5.41, 5.74) is 3.51. The zero-order valence-electron chi connectivity index (χ0n) is 17.7. The molecule has 2 saturated carbocycles. The number of fused-ring (bicyclic) bond motifs is 5. The standard InChI is InChI=1S/C25H35NO2/c1-4-12-27-18-14-17(15-26-16-18)20-6-7-21-19-5-8-23-25(3,11-13-28-23)22(19)9-10-24(20,21)2/h6,14-16,19,21-23H,4-5,7-13H2,1-3H3/t19?,21-,22?,23?,24?,25?/m0/s1. The number of hydrogen-bond donors (Lipinski definition) is 0. The number of allylic oxidation sites excluding steroid dienone is 2. The van der Waals surface area contributed by atoms with Crippen LogP contribution in [0, 0.1) is 28.6 Å². The first-order chi connectivity index (χ1) is 13.6. The van der Waals surface area contributed by atoms with Gasteiger partial charge in [0.2, 0.25) is 0 Å². The van der Waals surface area contributed by atoms with Crippen LogP contribution < -0.4 is 4.74 Å². The third kappa shape index (κ3) is 2.69. The number of rotatable bonds is 4. The molecule has 3 heteroatoms. The Kier molecular flexibility index (Phi) is 4.58. The molecule has 28 heavy (non-hydrogen) atoms. The maximum atomic E-state index is 6.15. The summed E-state index contributed by atoms with van der Waals surface area (Å²) in [6.07, 6.45) is 15.7. The Bertz CT molecular complexity index is 774. The van der Waals surface area contributed by atoms with Crippen molar-refractivity contribution < 1.29 is 9.47 Å². The van der Waals surface area contributed by atoms with Crippen molar-refractivity contribution in [1.29, 1.82) is 0 Å². The molecule has 0 amide bonds. The Balaban J connectivity index is 1.41. The summed E-state index contributed by atoms with van der Waals surface area (Å²) >= 11 is 0. The first-order valence-corrected chi connectivity index (χ1v) is 11.5. The zero-order valence-corrected chi connectivity index (χ0v) is 17.7. The van der Waals surface area contributed by atoms with Crippen LogP contribution in [-0.4, -0.2) is 24.3 Å². The summed E-state index contributed by atoms with van der Waals surface area (Å²) in [6.45, 7) is 8.95. The lowest BCUT2D eigenvalue weighted by Crippen LogP contribution is -2.51. The number of hydrogen-bond acceptors (Lipinski definition) is 3. The van der Waals surface area contributed by atoms with Crippen molar-refractivity contribution in [3.05, 3.63) is 30.1 Å². The molecule has 5 unspecified atom stereocenters. The second-order valence-electron chi connectivity index (χ2n) is 10.1. The number of ether oxygens (including phenoxy) is 2. The third-order valence-electron chi connectivity index (χ3n) is 8.82. The first kappa shape index (κ1) is 18.7. The molecular weight excluding hydrogens is 346 g/mol. The topological polar surface area (TPSA) is 31.4 Å². The minimum absolute atomic E-state index is 0.287. The van der Waals surface area contributed by atoms with E-state index < -0.39 is 0 Å². The molecule has 0 radical (unpaired) electrons. The quantitative estimate of drug-likeness (QED) is 0.651. The molecule has 2 heterocycles. The van der Waals surface area contributed by atoms with Crippen LogP contribution in [0.5, 0.6) is 5.75 Å². The molecule has 152 valence electrons. The van der Waals surface area contributed by atoms with E-state index >= 15 is 0 Å². The monoisotopic (exact) mass is 381 g/mol. The fraction of sp³-hybridized carbons (Fsp3) is 0.720. The van der Waals surface area contributed by atoms with E-state index in [1.165, 1.54) is 49.7 Å². The van der Waals surface area contributed by atoms with Gasteiger partial charge in [-0.3, -0.25) is 4.98 Å². The van der Waals surface area contributed by atoms with Crippen molar-refractivity contribution in [2.75, 3.05) is 13.2 Å². The van der Waals surface area contributed by atoms with E-state index in [4.69, 9.17) is 9.47 Å². The summed E-state index contributed by atoms with van der Waals surface area (Å²) in [5.74, 6) is 3.39. The van der Waals surface area contributed by atoms with E-state index in [1.54, 1.807) is 0 Å². The molecule has 4 aliphatic rings. The summed E-state index contributed by atoms with van der Waals surface area (Å²) < 4.78 is 12.0. The highest BCUT2D eigenvalue weighted by Gasteiger charge is 2.59. The van der Waals surface area contributed by atoms with Gasteiger partial charge < -0.3 is 9.47 Å². The predicted octanol–water partition coefficient (Wildman–Crippen LogP) is 5.90. The molecule has 0 N–H and O–H groups in total. The van der Waals surface area contributed by atoms with E-state index in [0.29, 0.717) is 11.5 Å². The normalized spacial score (nSPS) is 41.8. The van der Waals surface area contributed by atoms with E-state index in [1.807, 2.05) is 12.4 Å². The van der Waals surface area contributed by atoms with Gasteiger partial charge in [0.15, 0.2) is 0 Å². The predicted molar refractivity (Wildman–Crippen MR) is 112 cm³/mol. The number of pyridine rings is 1. The average Bonchev–Trinajstić information content (AvgIpc) is 3.26. The summed E-state index contributed by atoms with van der Waals surface area (Å²) in [4.78, 5) is 4.50. The lowest BCUT2D eigenvalue weighted by Gasteiger charge is -2.56. The lowest BCUT2D eigenvalue weighted by atomic mass is 9.48. The molecular formula is C25H35NO2. The maximum Gasteiger partial charge on any atom is 0.138 e. The van der Waals surface area contributed by atoms with Crippen molar-refractivity contribution in [2.45, 2.75) is 71.8 Å². The minimum atomic E-state index is 0.287. The van der Waals surface area contributed by atoms with Gasteiger partial charge in [-0.1, -0.05) is 26.8 Å². The van der Waals surface area contributed by atoms with Crippen LogP contribution in [0.2, 0.25) is 0 Å². The Labute approximate surface area is 169 Å². The smallest absolute Gasteiger partial charge is 0.138 e. The van der Waals surface area contributed by atoms with Crippen LogP contribution in [0.15, 0.2) is 24.5 Å². The number of nitrogens with zero attached hydrogens (tertiary/aromatic N) is 1. The Morgan fingerprint density at radius 3 is 2.89 bits per heavy atom. The Hall–Kier alpha value is -1.35. The molecule has 1 aromatic rings. The molecule has 3 nitrogen and oxygen atoms in total. The molecule has 1 aromatic heterocycles. The van der Waals surface area contributed by atoms with Gasteiger partial charge >= 0.3 is 0 Å². The van der Waals surface area contributed by atoms with Crippen molar-refractivity contribution in [1.82, 2.24) is 4.98 Å². The minimum Gasteiger partial charge on any atom is -0.492 e. The fourth-order valence-electron chi connectivity index (χ4n) is 7.34. The van der Waals surface area contributed by atoms with E-state index in [0.717, 1.165) is 43.1 Å². The van der Waals surface area contributed by atoms with Gasteiger partial charge in [0.25, 0.3) is 0 Å². The molecule has 0 spiro atoms. The van der Waals surface area contributed by atoms with Crippen LogP contribution in [0.25, 0.3) is 5.57 Å². The molecule has 3 fully saturated rings. The van der Waals surface area contributed by atoms with Gasteiger partial charge in [-0.15, -0.1) is 0 Å². The Morgan fingerprint density at radius 2 is 2.04 bits per heavy atom. The highest BCUT2D eigenvalue weighted by atomic mass is 16.5. The Morgan fingerprint density at radius 1 is 1.14 bits per heavy atom. The summed E-state index contributed by atoms with van der Waals surface area (Å²) in [6, 6.07) is 2.22. The van der Waals surface area contributed by atoms with Gasteiger partial charge in [-0.2, -0.15) is 0 Å². The van der Waals surface area contributed by atoms with Gasteiger partial charge in [-0.05, 0) is 90.7 Å². The fourth-order valence-corrected chi connectivity index (χ4v) is 7.34. The van der Waals surface area contributed by atoms with Crippen molar-refractivity contribution in [3.63, 3.8) is 0 Å². The molecule has 1 saturated heterocycles. The molecule has 1 aliphatic heterocycles. The van der Waals surface area contributed by atoms with E-state index in [-0.39, 0.29) is 5.41 Å². The number of aromatic nitrogens is 1. The molecule has 0 bridgehead atoms. The first-order valence-electron chi connectivity index (χ1n) is 11.5. The van der Waals surface area contributed by atoms with Gasteiger partial charge in [0.1, 0.15) is 5.75 Å². The van der Waals surface area contributed by atoms with Crippen LogP contribution in [-0.2, 0) is 4.74 Å². The summed E-state index contributed by atoms with van der Waals surface area (Å²) in [7, 11) is 0. The van der Waals surface area contributed by atoms with Crippen LogP contribution in [0.3, 0.4) is 0 Å². The maximum absolute atomic E-state index is 6.15. The van der Waals surface area contributed by atoms with Crippen LogP contribution >= 0.6 is 0 Å². The van der Waals surface area contributed by atoms with E-state index in [9.17, 15) is 0 Å². The average molecular weight is 382 g/mol. The molecule has 5 rings (SSSR count). The van der Waals surface area contributed by atoms with Crippen LogP contribution in [0.4, 0.5) is 0 Å². The van der Waals surface area contributed by atoms with Crippen molar-refractivity contribution in [3.8, 4) is 5.75 Å². The second kappa shape index (κ2) is 6.86. The van der Waals surface area contributed by atoms with Crippen molar-refractivity contribution in [2.24, 2.45) is 28.6 Å². The largest absolute Gasteiger partial charge is 0.492 e. The zero-order chi connectivity index (χ0) is 19.4. The molecule has 6 atom stereocenters.